The van der Waals surface area contributed by atoms with Gasteiger partial charge in [0.1, 0.15) is 6.04 Å². The molecule has 1 atom stereocenters. The fourth-order valence-electron chi connectivity index (χ4n) is 2.95. The second kappa shape index (κ2) is 7.27. The molecule has 25 heavy (non-hydrogen) atoms. The maximum absolute atomic E-state index is 12.7. The van der Waals surface area contributed by atoms with Crippen molar-refractivity contribution in [2.75, 3.05) is 16.8 Å². The second-order valence-electron chi connectivity index (χ2n) is 6.15. The first kappa shape index (κ1) is 17.5. The van der Waals surface area contributed by atoms with Crippen molar-refractivity contribution in [2.45, 2.75) is 26.3 Å². The molecular weight excluding hydrogens is 382 g/mol. The highest BCUT2D eigenvalue weighted by atomic mass is 79.9. The summed E-state index contributed by atoms with van der Waals surface area (Å²) in [6.07, 6.45) is 0.846. The summed E-state index contributed by atoms with van der Waals surface area (Å²) in [5.41, 5.74) is 3.81. The van der Waals surface area contributed by atoms with Gasteiger partial charge in [0.2, 0.25) is 5.91 Å². The number of benzene rings is 2. The number of hydrogen-bond acceptors (Lipinski definition) is 2. The van der Waals surface area contributed by atoms with Crippen molar-refractivity contribution in [3.8, 4) is 0 Å². The van der Waals surface area contributed by atoms with Crippen LogP contribution in [0.5, 0.6) is 0 Å². The van der Waals surface area contributed by atoms with E-state index in [0.717, 1.165) is 27.7 Å². The van der Waals surface area contributed by atoms with E-state index in [2.05, 4.69) is 26.6 Å². The van der Waals surface area contributed by atoms with E-state index in [1.807, 2.05) is 43.3 Å². The quantitative estimate of drug-likeness (QED) is 0.819. The molecule has 1 heterocycles. The molecule has 2 aromatic carbocycles. The van der Waals surface area contributed by atoms with Crippen molar-refractivity contribution in [3.05, 3.63) is 58.1 Å². The highest BCUT2D eigenvalue weighted by Crippen LogP contribution is 2.27. The van der Waals surface area contributed by atoms with Crippen LogP contribution in [0.15, 0.2) is 46.9 Å². The van der Waals surface area contributed by atoms with Gasteiger partial charge in [-0.3, -0.25) is 4.79 Å². The number of carbonyl (C=O) groups is 2. The number of para-hydroxylation sites is 1. The summed E-state index contributed by atoms with van der Waals surface area (Å²) in [7, 11) is 0. The highest BCUT2D eigenvalue weighted by molar-refractivity contribution is 9.10. The Balaban J connectivity index is 1.62. The Kier molecular flexibility index (Phi) is 5.08. The number of carbonyl (C=O) groups excluding carboxylic acids is 2. The highest BCUT2D eigenvalue weighted by Gasteiger charge is 2.28. The second-order valence-corrected chi connectivity index (χ2v) is 7.01. The molecule has 2 N–H and O–H groups in total. The average Bonchev–Trinajstić information content (AvgIpc) is 3.01. The van der Waals surface area contributed by atoms with E-state index in [4.69, 9.17) is 0 Å². The van der Waals surface area contributed by atoms with Crippen LogP contribution in [-0.2, 0) is 11.2 Å². The summed E-state index contributed by atoms with van der Waals surface area (Å²) in [4.78, 5) is 26.6. The van der Waals surface area contributed by atoms with Crippen LogP contribution in [0.3, 0.4) is 0 Å². The molecule has 0 fully saturated rings. The molecule has 0 aliphatic carbocycles. The molecule has 3 amide bonds. The third kappa shape index (κ3) is 3.85. The monoisotopic (exact) mass is 401 g/mol. The molecule has 1 aliphatic rings. The Morgan fingerprint density at radius 1 is 1.20 bits per heavy atom. The zero-order chi connectivity index (χ0) is 18.0. The summed E-state index contributed by atoms with van der Waals surface area (Å²) in [6, 6.07) is 12.4. The number of nitrogens with zero attached hydrogens (tertiary/aromatic N) is 1. The summed E-state index contributed by atoms with van der Waals surface area (Å²) >= 11 is 3.43. The zero-order valence-electron chi connectivity index (χ0n) is 14.2. The van der Waals surface area contributed by atoms with Crippen LogP contribution in [0.4, 0.5) is 16.2 Å². The molecule has 0 spiro atoms. The van der Waals surface area contributed by atoms with E-state index in [1.54, 1.807) is 17.9 Å². The van der Waals surface area contributed by atoms with E-state index >= 15 is 0 Å². The van der Waals surface area contributed by atoms with Crippen LogP contribution >= 0.6 is 15.9 Å². The molecule has 0 aromatic heterocycles. The molecule has 0 radical (unpaired) electrons. The van der Waals surface area contributed by atoms with Crippen molar-refractivity contribution < 1.29 is 9.59 Å². The Morgan fingerprint density at radius 2 is 1.96 bits per heavy atom. The van der Waals surface area contributed by atoms with E-state index in [0.29, 0.717) is 12.2 Å². The lowest BCUT2D eigenvalue weighted by atomic mass is 10.2. The van der Waals surface area contributed by atoms with Crippen LogP contribution in [0, 0.1) is 6.92 Å². The van der Waals surface area contributed by atoms with E-state index in [1.165, 1.54) is 0 Å². The van der Waals surface area contributed by atoms with Gasteiger partial charge in [0.05, 0.1) is 0 Å². The zero-order valence-corrected chi connectivity index (χ0v) is 15.8. The lowest BCUT2D eigenvalue weighted by Gasteiger charge is -2.22. The molecule has 0 saturated heterocycles. The van der Waals surface area contributed by atoms with Gasteiger partial charge in [0.15, 0.2) is 0 Å². The van der Waals surface area contributed by atoms with Gasteiger partial charge in [-0.15, -0.1) is 0 Å². The van der Waals surface area contributed by atoms with Crippen LogP contribution in [0.1, 0.15) is 18.1 Å². The minimum absolute atomic E-state index is 0.105. The molecule has 0 unspecified atom stereocenters. The van der Waals surface area contributed by atoms with Gasteiger partial charge in [0, 0.05) is 22.4 Å². The van der Waals surface area contributed by atoms with Crippen LogP contribution in [0.25, 0.3) is 0 Å². The number of aryl methyl sites for hydroxylation is 1. The first-order chi connectivity index (χ1) is 12.0. The number of amides is 3. The lowest BCUT2D eigenvalue weighted by molar-refractivity contribution is -0.119. The summed E-state index contributed by atoms with van der Waals surface area (Å²) in [5, 5.41) is 5.48. The first-order valence-electron chi connectivity index (χ1n) is 8.18. The summed E-state index contributed by atoms with van der Waals surface area (Å²) in [5.74, 6) is -0.105. The summed E-state index contributed by atoms with van der Waals surface area (Å²) < 4.78 is 0.981. The Hall–Kier alpha value is -2.34. The van der Waals surface area contributed by atoms with Gasteiger partial charge in [-0.05, 0) is 55.7 Å². The number of urea groups is 1. The van der Waals surface area contributed by atoms with Gasteiger partial charge in [-0.1, -0.05) is 34.1 Å². The third-order valence-corrected chi connectivity index (χ3v) is 5.18. The van der Waals surface area contributed by atoms with Crippen molar-refractivity contribution in [3.63, 3.8) is 0 Å². The lowest BCUT2D eigenvalue weighted by Crippen LogP contribution is -2.47. The summed E-state index contributed by atoms with van der Waals surface area (Å²) in [6.45, 7) is 4.30. The van der Waals surface area contributed by atoms with Crippen LogP contribution < -0.4 is 15.5 Å². The maximum atomic E-state index is 12.7. The van der Waals surface area contributed by atoms with Crippen molar-refractivity contribution >= 4 is 39.2 Å². The topological polar surface area (TPSA) is 61.4 Å². The molecular formula is C19H20BrN3O2. The van der Waals surface area contributed by atoms with E-state index in [-0.39, 0.29) is 5.91 Å². The third-order valence-electron chi connectivity index (χ3n) is 4.29. The normalized spacial score (nSPS) is 14.0. The predicted molar refractivity (Wildman–Crippen MR) is 103 cm³/mol. The molecule has 5 nitrogen and oxygen atoms in total. The number of anilines is 2. The largest absolute Gasteiger partial charge is 0.326 e. The first-order valence-corrected chi connectivity index (χ1v) is 8.98. The Bertz CT molecular complexity index is 822. The number of halogens is 1. The SMILES string of the molecule is Cc1cc(NC(=O)N[C@@H](C)C(=O)N2CCc3ccccc32)ccc1Br. The van der Waals surface area contributed by atoms with Gasteiger partial charge in [0.25, 0.3) is 0 Å². The van der Waals surface area contributed by atoms with Gasteiger partial charge in [-0.25, -0.2) is 4.79 Å². The molecule has 2 aromatic rings. The van der Waals surface area contributed by atoms with Crippen molar-refractivity contribution in [1.29, 1.82) is 0 Å². The Labute approximate surface area is 155 Å². The van der Waals surface area contributed by atoms with Gasteiger partial charge >= 0.3 is 6.03 Å². The predicted octanol–water partition coefficient (Wildman–Crippen LogP) is 3.86. The van der Waals surface area contributed by atoms with Gasteiger partial charge < -0.3 is 15.5 Å². The Morgan fingerprint density at radius 3 is 2.72 bits per heavy atom. The van der Waals surface area contributed by atoms with E-state index in [9.17, 15) is 9.59 Å². The standard InChI is InChI=1S/C19H20BrN3O2/c1-12-11-15(7-8-16(12)20)22-19(25)21-13(2)18(24)23-10-9-14-5-3-4-6-17(14)23/h3-8,11,13H,9-10H2,1-2H3,(H2,21,22,25)/t13-/m0/s1. The molecule has 1 aliphatic heterocycles. The average molecular weight is 402 g/mol. The molecule has 0 bridgehead atoms. The smallest absolute Gasteiger partial charge is 0.319 e. The minimum Gasteiger partial charge on any atom is -0.326 e. The van der Waals surface area contributed by atoms with Crippen LogP contribution in [-0.4, -0.2) is 24.5 Å². The van der Waals surface area contributed by atoms with Crippen molar-refractivity contribution in [1.82, 2.24) is 5.32 Å². The number of fused-ring (bicyclic) bond motifs is 1. The molecule has 3 rings (SSSR count). The molecule has 130 valence electrons. The number of nitrogens with one attached hydrogen (secondary N) is 2. The fraction of sp³-hybridized carbons (Fsp3) is 0.263. The number of rotatable bonds is 3. The van der Waals surface area contributed by atoms with Crippen LogP contribution in [0.2, 0.25) is 0 Å². The fourth-order valence-corrected chi connectivity index (χ4v) is 3.20. The molecule has 0 saturated carbocycles. The number of hydrogen-bond donors (Lipinski definition) is 2. The molecule has 6 heteroatoms. The van der Waals surface area contributed by atoms with Crippen molar-refractivity contribution in [2.24, 2.45) is 0 Å². The minimum atomic E-state index is -0.609. The van der Waals surface area contributed by atoms with E-state index < -0.39 is 12.1 Å². The van der Waals surface area contributed by atoms with Gasteiger partial charge in [-0.2, -0.15) is 0 Å². The maximum Gasteiger partial charge on any atom is 0.319 e.